The van der Waals surface area contributed by atoms with Crippen LogP contribution in [0.1, 0.15) is 27.0 Å². The largest absolute Gasteiger partial charge is 0.495 e. The van der Waals surface area contributed by atoms with Crippen LogP contribution in [0.3, 0.4) is 0 Å². The van der Waals surface area contributed by atoms with Gasteiger partial charge in [0, 0.05) is 9.75 Å². The van der Waals surface area contributed by atoms with Crippen LogP contribution in [0.5, 0.6) is 5.75 Å². The Morgan fingerprint density at radius 1 is 1.28 bits per heavy atom. The van der Waals surface area contributed by atoms with Gasteiger partial charge >= 0.3 is 0 Å². The molecule has 1 unspecified atom stereocenters. The summed E-state index contributed by atoms with van der Waals surface area (Å²) in [7, 11) is 1.57. The predicted octanol–water partition coefficient (Wildman–Crippen LogP) is 4.11. The molecule has 18 heavy (non-hydrogen) atoms. The Kier molecular flexibility index (Phi) is 3.95. The van der Waals surface area contributed by atoms with Crippen molar-refractivity contribution in [3.05, 3.63) is 50.2 Å². The van der Waals surface area contributed by atoms with Crippen LogP contribution in [-0.4, -0.2) is 12.2 Å². The van der Waals surface area contributed by atoms with E-state index in [1.165, 1.54) is 4.88 Å². The van der Waals surface area contributed by atoms with Gasteiger partial charge in [-0.25, -0.2) is 0 Å². The van der Waals surface area contributed by atoms with Crippen molar-refractivity contribution >= 4 is 22.9 Å². The Hall–Kier alpha value is -1.03. The summed E-state index contributed by atoms with van der Waals surface area (Å²) in [6.07, 6.45) is -0.638. The number of aryl methyl sites for hydroxylation is 2. The van der Waals surface area contributed by atoms with Gasteiger partial charge in [0.2, 0.25) is 0 Å². The number of thiophene rings is 1. The van der Waals surface area contributed by atoms with Crippen LogP contribution in [0.25, 0.3) is 0 Å². The van der Waals surface area contributed by atoms with Crippen LogP contribution in [0.4, 0.5) is 0 Å². The van der Waals surface area contributed by atoms with Crippen molar-refractivity contribution in [1.29, 1.82) is 0 Å². The summed E-state index contributed by atoms with van der Waals surface area (Å²) in [6.45, 7) is 4.06. The number of aliphatic hydroxyl groups is 1. The summed E-state index contributed by atoms with van der Waals surface area (Å²) >= 11 is 7.67. The maximum absolute atomic E-state index is 10.4. The fraction of sp³-hybridized carbons (Fsp3) is 0.286. The second-order valence-corrected chi connectivity index (χ2v) is 6.03. The smallest absolute Gasteiger partial charge is 0.137 e. The van der Waals surface area contributed by atoms with Crippen molar-refractivity contribution < 1.29 is 9.84 Å². The molecule has 0 saturated carbocycles. The summed E-state index contributed by atoms with van der Waals surface area (Å²) in [6, 6.07) is 7.36. The van der Waals surface area contributed by atoms with E-state index in [1.807, 2.05) is 26.0 Å². The third kappa shape index (κ3) is 2.53. The van der Waals surface area contributed by atoms with Gasteiger partial charge in [-0.1, -0.05) is 17.7 Å². The Morgan fingerprint density at radius 3 is 2.56 bits per heavy atom. The lowest BCUT2D eigenvalue weighted by atomic mass is 10.0. The van der Waals surface area contributed by atoms with Gasteiger partial charge in [0.25, 0.3) is 0 Å². The van der Waals surface area contributed by atoms with Crippen LogP contribution >= 0.6 is 22.9 Å². The highest BCUT2D eigenvalue weighted by atomic mass is 35.5. The average Bonchev–Trinajstić information content (AvgIpc) is 2.68. The van der Waals surface area contributed by atoms with E-state index in [0.29, 0.717) is 10.8 Å². The summed E-state index contributed by atoms with van der Waals surface area (Å²) in [5.41, 5.74) is 1.74. The SMILES string of the molecule is COc1cc(C(O)c2cc(C)sc2C)ccc1Cl. The number of halogens is 1. The molecule has 0 fully saturated rings. The molecule has 0 spiro atoms. The van der Waals surface area contributed by atoms with E-state index in [4.69, 9.17) is 16.3 Å². The van der Waals surface area contributed by atoms with Gasteiger partial charge in [0.1, 0.15) is 11.9 Å². The number of aliphatic hydroxyl groups excluding tert-OH is 1. The van der Waals surface area contributed by atoms with E-state index in [0.717, 1.165) is 16.0 Å². The van der Waals surface area contributed by atoms with E-state index in [1.54, 1.807) is 30.6 Å². The number of hydrogen-bond acceptors (Lipinski definition) is 3. The molecule has 4 heteroatoms. The summed E-state index contributed by atoms with van der Waals surface area (Å²) in [5.74, 6) is 0.581. The van der Waals surface area contributed by atoms with Crippen LogP contribution in [-0.2, 0) is 0 Å². The standard InChI is InChI=1S/C14H15ClO2S/c1-8-6-11(9(2)18-8)14(16)10-4-5-12(15)13(7-10)17-3/h4-7,14,16H,1-3H3. The molecule has 2 aromatic rings. The maximum Gasteiger partial charge on any atom is 0.137 e. The monoisotopic (exact) mass is 282 g/mol. The quantitative estimate of drug-likeness (QED) is 0.918. The van der Waals surface area contributed by atoms with E-state index in [-0.39, 0.29) is 0 Å². The Bertz CT molecular complexity index is 563. The van der Waals surface area contributed by atoms with Crippen LogP contribution in [0.15, 0.2) is 24.3 Å². The maximum atomic E-state index is 10.4. The number of benzene rings is 1. The van der Waals surface area contributed by atoms with Gasteiger partial charge in [0.15, 0.2) is 0 Å². The zero-order chi connectivity index (χ0) is 13.3. The highest BCUT2D eigenvalue weighted by Crippen LogP contribution is 2.34. The van der Waals surface area contributed by atoms with Gasteiger partial charge in [-0.3, -0.25) is 0 Å². The molecule has 96 valence electrons. The fourth-order valence-electron chi connectivity index (χ4n) is 1.95. The molecule has 1 heterocycles. The Balaban J connectivity index is 2.39. The molecule has 1 N–H and O–H groups in total. The number of rotatable bonds is 3. The predicted molar refractivity (Wildman–Crippen MR) is 75.9 cm³/mol. The van der Waals surface area contributed by atoms with E-state index < -0.39 is 6.10 Å². The number of hydrogen-bond donors (Lipinski definition) is 1. The number of ether oxygens (including phenoxy) is 1. The van der Waals surface area contributed by atoms with Crippen LogP contribution < -0.4 is 4.74 Å². The lowest BCUT2D eigenvalue weighted by Crippen LogP contribution is -2.00. The second-order valence-electron chi connectivity index (χ2n) is 4.17. The first-order valence-corrected chi connectivity index (χ1v) is 6.80. The lowest BCUT2D eigenvalue weighted by Gasteiger charge is -2.13. The van der Waals surface area contributed by atoms with Gasteiger partial charge in [-0.05, 0) is 43.2 Å². The minimum atomic E-state index is -0.638. The summed E-state index contributed by atoms with van der Waals surface area (Å²) < 4.78 is 5.17. The van der Waals surface area contributed by atoms with Gasteiger partial charge in [-0.15, -0.1) is 11.3 Å². The summed E-state index contributed by atoms with van der Waals surface area (Å²) in [4.78, 5) is 2.33. The van der Waals surface area contributed by atoms with Gasteiger partial charge < -0.3 is 9.84 Å². The molecule has 2 rings (SSSR count). The highest BCUT2D eigenvalue weighted by molar-refractivity contribution is 7.12. The first-order valence-electron chi connectivity index (χ1n) is 5.61. The first-order chi connectivity index (χ1) is 8.52. The molecule has 0 aliphatic rings. The van der Waals surface area contributed by atoms with Gasteiger partial charge in [0.05, 0.1) is 12.1 Å². The molecule has 0 aliphatic heterocycles. The highest BCUT2D eigenvalue weighted by Gasteiger charge is 2.16. The van der Waals surface area contributed by atoms with Crippen molar-refractivity contribution in [3.8, 4) is 5.75 Å². The van der Waals surface area contributed by atoms with Crippen molar-refractivity contribution in [2.75, 3.05) is 7.11 Å². The third-order valence-corrected chi connectivity index (χ3v) is 4.16. The molecule has 0 radical (unpaired) electrons. The normalized spacial score (nSPS) is 12.5. The molecule has 0 amide bonds. The molecular weight excluding hydrogens is 268 g/mol. The third-order valence-electron chi connectivity index (χ3n) is 2.86. The van der Waals surface area contributed by atoms with Crippen molar-refractivity contribution in [3.63, 3.8) is 0 Å². The molecule has 0 bridgehead atoms. The lowest BCUT2D eigenvalue weighted by molar-refractivity contribution is 0.219. The molecule has 1 aromatic carbocycles. The molecule has 0 saturated heterocycles. The zero-order valence-corrected chi connectivity index (χ0v) is 12.1. The Morgan fingerprint density at radius 2 is 2.00 bits per heavy atom. The van der Waals surface area contributed by atoms with Crippen LogP contribution in [0, 0.1) is 13.8 Å². The van der Waals surface area contributed by atoms with Crippen molar-refractivity contribution in [1.82, 2.24) is 0 Å². The fourth-order valence-corrected chi connectivity index (χ4v) is 3.10. The molecule has 2 nitrogen and oxygen atoms in total. The van der Waals surface area contributed by atoms with E-state index in [9.17, 15) is 5.11 Å². The summed E-state index contributed by atoms with van der Waals surface area (Å²) in [5, 5.41) is 11.0. The van der Waals surface area contributed by atoms with Crippen molar-refractivity contribution in [2.45, 2.75) is 20.0 Å². The molecule has 1 aromatic heterocycles. The molecular formula is C14H15ClO2S. The van der Waals surface area contributed by atoms with Crippen molar-refractivity contribution in [2.24, 2.45) is 0 Å². The second kappa shape index (κ2) is 5.31. The van der Waals surface area contributed by atoms with E-state index >= 15 is 0 Å². The molecule has 1 atom stereocenters. The first kappa shape index (κ1) is 13.4. The van der Waals surface area contributed by atoms with Gasteiger partial charge in [-0.2, -0.15) is 0 Å². The van der Waals surface area contributed by atoms with E-state index in [2.05, 4.69) is 0 Å². The minimum Gasteiger partial charge on any atom is -0.495 e. The average molecular weight is 283 g/mol. The minimum absolute atomic E-state index is 0.548. The Labute approximate surface area is 116 Å². The van der Waals surface area contributed by atoms with Crippen LogP contribution in [0.2, 0.25) is 5.02 Å². The molecule has 0 aliphatic carbocycles. The topological polar surface area (TPSA) is 29.5 Å². The number of methoxy groups -OCH3 is 1. The zero-order valence-electron chi connectivity index (χ0n) is 10.5.